The lowest BCUT2D eigenvalue weighted by molar-refractivity contribution is 1.22. The van der Waals surface area contributed by atoms with Crippen LogP contribution in [-0.2, 0) is 0 Å². The highest BCUT2D eigenvalue weighted by atomic mass is 127. The number of halogens is 1. The quantitative estimate of drug-likeness (QED) is 0.350. The van der Waals surface area contributed by atoms with Crippen LogP contribution < -0.4 is 0 Å². The summed E-state index contributed by atoms with van der Waals surface area (Å²) in [7, 11) is 1.20. The Morgan fingerprint density at radius 2 is 2.67 bits per heavy atom. The van der Waals surface area contributed by atoms with Gasteiger partial charge in [0.25, 0.3) is 0 Å². The van der Waals surface area contributed by atoms with Gasteiger partial charge in [-0.1, -0.05) is 30.4 Å². The average molecular weight is 232 g/mol. The standard InChI is InChI=1S/C3H6IPS/c4-3-1-5-6-2-3/h3,5H,1-2H2. The van der Waals surface area contributed by atoms with Crippen molar-refractivity contribution >= 4 is 41.8 Å². The molecule has 0 N–H and O–H groups in total. The summed E-state index contributed by atoms with van der Waals surface area (Å²) in [6.07, 6.45) is 1.46. The number of hydrogen-bond acceptors (Lipinski definition) is 1. The van der Waals surface area contributed by atoms with Gasteiger partial charge in [0, 0.05) is 9.68 Å². The summed E-state index contributed by atoms with van der Waals surface area (Å²) in [5.74, 6) is 1.40. The van der Waals surface area contributed by atoms with Crippen molar-refractivity contribution in [1.82, 2.24) is 0 Å². The fourth-order valence-corrected chi connectivity index (χ4v) is 6.45. The molecule has 1 aliphatic rings. The SMILES string of the molecule is IC1CPSC1. The van der Waals surface area contributed by atoms with Crippen LogP contribution in [0.15, 0.2) is 0 Å². The number of rotatable bonds is 0. The van der Waals surface area contributed by atoms with Gasteiger partial charge in [0.1, 0.15) is 0 Å². The number of hydrogen-bond donors (Lipinski definition) is 0. The largest absolute Gasteiger partial charge is 0.136 e. The fraction of sp³-hybridized carbons (Fsp3) is 1.00. The third-order valence-electron chi connectivity index (χ3n) is 0.671. The van der Waals surface area contributed by atoms with Gasteiger partial charge in [0.05, 0.1) is 0 Å². The Kier molecular flexibility index (Phi) is 2.57. The summed E-state index contributed by atoms with van der Waals surface area (Å²) in [6, 6.07) is 0. The maximum absolute atomic E-state index is 2.52. The van der Waals surface area contributed by atoms with Crippen LogP contribution >= 0.6 is 41.8 Å². The van der Waals surface area contributed by atoms with Gasteiger partial charge in [-0.25, -0.2) is 0 Å². The Bertz CT molecular complexity index is 44.1. The molecule has 1 rings (SSSR count). The monoisotopic (exact) mass is 232 g/mol. The molecule has 1 saturated heterocycles. The molecule has 1 aliphatic heterocycles. The molecule has 1 heterocycles. The van der Waals surface area contributed by atoms with Crippen molar-refractivity contribution in [3.05, 3.63) is 0 Å². The van der Waals surface area contributed by atoms with Crippen molar-refractivity contribution in [3.63, 3.8) is 0 Å². The first-order chi connectivity index (χ1) is 2.89. The van der Waals surface area contributed by atoms with Gasteiger partial charge < -0.3 is 0 Å². The van der Waals surface area contributed by atoms with Crippen molar-refractivity contribution in [1.29, 1.82) is 0 Å². The van der Waals surface area contributed by atoms with Crippen LogP contribution in [-0.4, -0.2) is 15.8 Å². The van der Waals surface area contributed by atoms with Crippen molar-refractivity contribution in [3.8, 4) is 0 Å². The van der Waals surface area contributed by atoms with E-state index in [4.69, 9.17) is 0 Å². The zero-order valence-electron chi connectivity index (χ0n) is 3.28. The molecule has 1 fully saturated rings. The lowest BCUT2D eigenvalue weighted by atomic mass is 10.6. The second-order valence-electron chi connectivity index (χ2n) is 1.26. The highest BCUT2D eigenvalue weighted by molar-refractivity contribution is 14.1. The van der Waals surface area contributed by atoms with Crippen LogP contribution in [0.5, 0.6) is 0 Å². The molecule has 0 aromatic heterocycles. The Labute approximate surface area is 57.5 Å². The van der Waals surface area contributed by atoms with E-state index < -0.39 is 0 Å². The normalized spacial score (nSPS) is 38.5. The molecule has 6 heavy (non-hydrogen) atoms. The first kappa shape index (κ1) is 5.64. The van der Waals surface area contributed by atoms with Crippen LogP contribution in [0.4, 0.5) is 0 Å². The molecule has 0 aromatic rings. The van der Waals surface area contributed by atoms with Crippen molar-refractivity contribution in [2.75, 3.05) is 11.9 Å². The van der Waals surface area contributed by atoms with Crippen molar-refractivity contribution in [2.24, 2.45) is 0 Å². The topological polar surface area (TPSA) is 0 Å². The summed E-state index contributed by atoms with van der Waals surface area (Å²) in [5.41, 5.74) is 0. The lowest BCUT2D eigenvalue weighted by Gasteiger charge is -1.87. The van der Waals surface area contributed by atoms with Gasteiger partial charge >= 0.3 is 0 Å². The molecule has 2 unspecified atom stereocenters. The van der Waals surface area contributed by atoms with E-state index in [-0.39, 0.29) is 0 Å². The molecular weight excluding hydrogens is 226 g/mol. The molecule has 0 amide bonds. The molecule has 0 aromatic carbocycles. The first-order valence-electron chi connectivity index (χ1n) is 1.88. The van der Waals surface area contributed by atoms with Gasteiger partial charge in [0.2, 0.25) is 0 Å². The van der Waals surface area contributed by atoms with Gasteiger partial charge in [-0.3, -0.25) is 0 Å². The van der Waals surface area contributed by atoms with Crippen LogP contribution in [0, 0.1) is 0 Å². The first-order valence-corrected chi connectivity index (χ1v) is 6.04. The minimum Gasteiger partial charge on any atom is -0.136 e. The predicted octanol–water partition coefficient (Wildman–Crippen LogP) is 2.13. The molecule has 0 saturated carbocycles. The van der Waals surface area contributed by atoms with Crippen LogP contribution in [0.2, 0.25) is 0 Å². The fourth-order valence-electron chi connectivity index (χ4n) is 0.358. The van der Waals surface area contributed by atoms with E-state index in [0.29, 0.717) is 0 Å². The van der Waals surface area contributed by atoms with Gasteiger partial charge in [-0.05, 0) is 6.16 Å². The minimum absolute atomic E-state index is 0.992. The van der Waals surface area contributed by atoms with Crippen LogP contribution in [0.25, 0.3) is 0 Å². The van der Waals surface area contributed by atoms with Crippen molar-refractivity contribution < 1.29 is 0 Å². The van der Waals surface area contributed by atoms with E-state index in [1.165, 1.54) is 19.7 Å². The van der Waals surface area contributed by atoms with E-state index in [9.17, 15) is 0 Å². The van der Waals surface area contributed by atoms with E-state index in [0.717, 1.165) is 3.92 Å². The van der Waals surface area contributed by atoms with Crippen molar-refractivity contribution in [2.45, 2.75) is 3.92 Å². The Balaban J connectivity index is 2.18. The summed E-state index contributed by atoms with van der Waals surface area (Å²) >= 11 is 4.62. The zero-order chi connectivity index (χ0) is 4.41. The van der Waals surface area contributed by atoms with E-state index in [2.05, 4.69) is 34.0 Å². The number of alkyl halides is 1. The van der Waals surface area contributed by atoms with Gasteiger partial charge in [0.15, 0.2) is 0 Å². The Morgan fingerprint density at radius 3 is 2.83 bits per heavy atom. The highest BCUT2D eigenvalue weighted by Crippen LogP contribution is 2.40. The van der Waals surface area contributed by atoms with Crippen LogP contribution in [0.1, 0.15) is 0 Å². The van der Waals surface area contributed by atoms with E-state index >= 15 is 0 Å². The summed E-state index contributed by atoms with van der Waals surface area (Å²) in [4.78, 5) is 0. The summed E-state index contributed by atoms with van der Waals surface area (Å²) in [5, 5.41) is 0. The molecule has 0 spiro atoms. The van der Waals surface area contributed by atoms with Gasteiger partial charge in [-0.15, -0.1) is 11.4 Å². The van der Waals surface area contributed by atoms with E-state index in [1.807, 2.05) is 0 Å². The summed E-state index contributed by atoms with van der Waals surface area (Å²) < 4.78 is 0.992. The zero-order valence-corrected chi connectivity index (χ0v) is 7.25. The predicted molar refractivity (Wildman–Crippen MR) is 43.4 cm³/mol. The maximum atomic E-state index is 2.52. The molecule has 2 atom stereocenters. The van der Waals surface area contributed by atoms with E-state index in [1.54, 1.807) is 0 Å². The molecule has 0 aliphatic carbocycles. The highest BCUT2D eigenvalue weighted by Gasteiger charge is 2.09. The Morgan fingerprint density at radius 1 is 1.83 bits per heavy atom. The summed E-state index contributed by atoms with van der Waals surface area (Å²) in [6.45, 7) is 0. The molecule has 0 radical (unpaired) electrons. The second-order valence-corrected chi connectivity index (χ2v) is 6.07. The Hall–Kier alpha value is 1.51. The third-order valence-corrected chi connectivity index (χ3v) is 6.03. The third kappa shape index (κ3) is 1.55. The molecule has 36 valence electrons. The smallest absolute Gasteiger partial charge is 0.0248 e. The molecule has 0 nitrogen and oxygen atoms in total. The lowest BCUT2D eigenvalue weighted by Crippen LogP contribution is -1.93. The molecular formula is C3H6IPS. The maximum Gasteiger partial charge on any atom is 0.0248 e. The second kappa shape index (κ2) is 2.73. The molecule has 3 heteroatoms. The van der Waals surface area contributed by atoms with Crippen LogP contribution in [0.3, 0.4) is 0 Å². The molecule has 0 bridgehead atoms. The van der Waals surface area contributed by atoms with Gasteiger partial charge in [-0.2, -0.15) is 0 Å². The average Bonchev–Trinajstić information content (AvgIpc) is 1.86. The minimum atomic E-state index is 0.992.